The van der Waals surface area contributed by atoms with Gasteiger partial charge < -0.3 is 9.64 Å². The summed E-state index contributed by atoms with van der Waals surface area (Å²) >= 11 is 3.50. The first kappa shape index (κ1) is 14.8. The van der Waals surface area contributed by atoms with Gasteiger partial charge in [-0.2, -0.15) is 5.10 Å². The van der Waals surface area contributed by atoms with E-state index >= 15 is 0 Å². The molecule has 0 amide bonds. The lowest BCUT2D eigenvalue weighted by atomic mass is 9.92. The van der Waals surface area contributed by atoms with Crippen molar-refractivity contribution in [3.8, 4) is 0 Å². The molecule has 1 aliphatic heterocycles. The third kappa shape index (κ3) is 2.92. The van der Waals surface area contributed by atoms with Gasteiger partial charge in [0.1, 0.15) is 5.52 Å². The number of anilines is 1. The third-order valence-corrected chi connectivity index (χ3v) is 4.47. The van der Waals surface area contributed by atoms with Crippen LogP contribution in [0.4, 0.5) is 5.82 Å². The summed E-state index contributed by atoms with van der Waals surface area (Å²) in [6.45, 7) is 8.99. The molecule has 2 aromatic heterocycles. The van der Waals surface area contributed by atoms with Crippen LogP contribution in [0.2, 0.25) is 0 Å². The van der Waals surface area contributed by atoms with Gasteiger partial charge in [-0.1, -0.05) is 36.7 Å². The first-order chi connectivity index (χ1) is 9.99. The third-order valence-electron chi connectivity index (χ3n) is 3.75. The molecule has 0 saturated carbocycles. The van der Waals surface area contributed by atoms with Gasteiger partial charge in [0.25, 0.3) is 0 Å². The van der Waals surface area contributed by atoms with Crippen molar-refractivity contribution in [1.82, 2.24) is 14.6 Å². The highest BCUT2D eigenvalue weighted by Crippen LogP contribution is 2.27. The zero-order chi connectivity index (χ0) is 15.0. The molecule has 0 bridgehead atoms. The Morgan fingerprint density at radius 3 is 2.95 bits per heavy atom. The van der Waals surface area contributed by atoms with Crippen molar-refractivity contribution in [3.63, 3.8) is 0 Å². The van der Waals surface area contributed by atoms with Crippen molar-refractivity contribution in [3.05, 3.63) is 24.2 Å². The lowest BCUT2D eigenvalue weighted by molar-refractivity contribution is 0.0569. The van der Waals surface area contributed by atoms with Crippen LogP contribution < -0.4 is 4.90 Å². The Bertz CT molecular complexity index is 634. The molecule has 6 heteroatoms. The van der Waals surface area contributed by atoms with E-state index in [1.165, 1.54) is 0 Å². The van der Waals surface area contributed by atoms with Crippen molar-refractivity contribution >= 4 is 27.3 Å². The van der Waals surface area contributed by atoms with Gasteiger partial charge in [0.2, 0.25) is 0 Å². The SMILES string of the molecule is CC(C)(C)c1cc2c(N3CCOC(CBr)C3)nccn2n1. The van der Waals surface area contributed by atoms with Gasteiger partial charge in [0, 0.05) is 36.2 Å². The second-order valence-corrected chi connectivity index (χ2v) is 7.10. The number of alkyl halides is 1. The van der Waals surface area contributed by atoms with E-state index < -0.39 is 0 Å². The average molecular weight is 353 g/mol. The maximum Gasteiger partial charge on any atom is 0.154 e. The number of hydrogen-bond donors (Lipinski definition) is 0. The molecule has 114 valence electrons. The number of rotatable bonds is 2. The van der Waals surface area contributed by atoms with E-state index in [4.69, 9.17) is 4.74 Å². The molecule has 0 N–H and O–H groups in total. The van der Waals surface area contributed by atoms with Crippen LogP contribution in [0.15, 0.2) is 18.5 Å². The second kappa shape index (κ2) is 5.57. The first-order valence-corrected chi connectivity index (χ1v) is 8.38. The minimum absolute atomic E-state index is 0.0344. The highest BCUT2D eigenvalue weighted by molar-refractivity contribution is 9.09. The van der Waals surface area contributed by atoms with E-state index in [0.717, 1.165) is 42.1 Å². The van der Waals surface area contributed by atoms with E-state index in [1.807, 2.05) is 16.9 Å². The summed E-state index contributed by atoms with van der Waals surface area (Å²) in [6.07, 6.45) is 3.95. The quantitative estimate of drug-likeness (QED) is 0.779. The molecule has 2 aromatic rings. The highest BCUT2D eigenvalue weighted by atomic mass is 79.9. The predicted octanol–water partition coefficient (Wildman–Crippen LogP) is 2.63. The summed E-state index contributed by atoms with van der Waals surface area (Å²) in [6, 6.07) is 2.15. The Kier molecular flexibility index (Phi) is 3.92. The monoisotopic (exact) mass is 352 g/mol. The maximum absolute atomic E-state index is 5.71. The van der Waals surface area contributed by atoms with Gasteiger partial charge in [0.15, 0.2) is 5.82 Å². The molecular weight excluding hydrogens is 332 g/mol. The fraction of sp³-hybridized carbons (Fsp3) is 0.600. The van der Waals surface area contributed by atoms with Crippen LogP contribution >= 0.6 is 15.9 Å². The molecule has 5 nitrogen and oxygen atoms in total. The zero-order valence-corrected chi connectivity index (χ0v) is 14.3. The summed E-state index contributed by atoms with van der Waals surface area (Å²) in [4.78, 5) is 6.88. The molecule has 1 atom stereocenters. The molecule has 0 spiro atoms. The topological polar surface area (TPSA) is 42.7 Å². The minimum Gasteiger partial charge on any atom is -0.374 e. The van der Waals surface area contributed by atoms with Gasteiger partial charge in [0.05, 0.1) is 18.4 Å². The average Bonchev–Trinajstić information content (AvgIpc) is 2.91. The van der Waals surface area contributed by atoms with E-state index in [-0.39, 0.29) is 11.5 Å². The number of halogens is 1. The fourth-order valence-electron chi connectivity index (χ4n) is 2.52. The Hall–Kier alpha value is -1.14. The molecule has 0 aromatic carbocycles. The molecule has 0 radical (unpaired) electrons. The predicted molar refractivity (Wildman–Crippen MR) is 87.4 cm³/mol. The van der Waals surface area contributed by atoms with Crippen LogP contribution in [-0.4, -0.2) is 45.7 Å². The van der Waals surface area contributed by atoms with Crippen LogP contribution in [0, 0.1) is 0 Å². The van der Waals surface area contributed by atoms with Gasteiger partial charge in [-0.15, -0.1) is 0 Å². The lowest BCUT2D eigenvalue weighted by Crippen LogP contribution is -2.43. The number of nitrogens with zero attached hydrogens (tertiary/aromatic N) is 4. The van der Waals surface area contributed by atoms with E-state index in [1.54, 1.807) is 0 Å². The summed E-state index contributed by atoms with van der Waals surface area (Å²) < 4.78 is 7.64. The number of ether oxygens (including phenoxy) is 1. The summed E-state index contributed by atoms with van der Waals surface area (Å²) in [5.74, 6) is 0.995. The standard InChI is InChI=1S/C15H21BrN4O/c1-15(2,3)13-8-12-14(17-4-5-20(12)18-13)19-6-7-21-11(9-16)10-19/h4-5,8,11H,6-7,9-10H2,1-3H3. The molecule has 1 saturated heterocycles. The number of morpholine rings is 1. The Morgan fingerprint density at radius 2 is 2.24 bits per heavy atom. The van der Waals surface area contributed by atoms with Crippen molar-refractivity contribution < 1.29 is 4.74 Å². The molecule has 0 aliphatic carbocycles. The molecule has 21 heavy (non-hydrogen) atoms. The molecule has 1 fully saturated rings. The molecule has 1 aliphatic rings. The van der Waals surface area contributed by atoms with Crippen molar-refractivity contribution in [2.45, 2.75) is 32.3 Å². The van der Waals surface area contributed by atoms with Gasteiger partial charge in [-0.3, -0.25) is 0 Å². The van der Waals surface area contributed by atoms with Crippen LogP contribution in [0.1, 0.15) is 26.5 Å². The van der Waals surface area contributed by atoms with Crippen LogP contribution in [0.25, 0.3) is 5.52 Å². The molecule has 3 heterocycles. The smallest absolute Gasteiger partial charge is 0.154 e. The van der Waals surface area contributed by atoms with Crippen molar-refractivity contribution in [1.29, 1.82) is 0 Å². The van der Waals surface area contributed by atoms with Crippen LogP contribution in [0.3, 0.4) is 0 Å². The van der Waals surface area contributed by atoms with Crippen molar-refractivity contribution in [2.24, 2.45) is 0 Å². The summed E-state index contributed by atoms with van der Waals surface area (Å²) in [5.41, 5.74) is 2.19. The Balaban J connectivity index is 2.00. The van der Waals surface area contributed by atoms with Gasteiger partial charge >= 0.3 is 0 Å². The molecular formula is C15H21BrN4O. The van der Waals surface area contributed by atoms with Gasteiger partial charge in [-0.05, 0) is 6.07 Å². The fourth-order valence-corrected chi connectivity index (χ4v) is 2.92. The number of aromatic nitrogens is 3. The molecule has 1 unspecified atom stereocenters. The van der Waals surface area contributed by atoms with E-state index in [0.29, 0.717) is 0 Å². The number of fused-ring (bicyclic) bond motifs is 1. The first-order valence-electron chi connectivity index (χ1n) is 7.26. The Morgan fingerprint density at radius 1 is 1.43 bits per heavy atom. The van der Waals surface area contributed by atoms with Crippen molar-refractivity contribution in [2.75, 3.05) is 29.9 Å². The largest absolute Gasteiger partial charge is 0.374 e. The maximum atomic E-state index is 5.71. The lowest BCUT2D eigenvalue weighted by Gasteiger charge is -2.33. The second-order valence-electron chi connectivity index (χ2n) is 6.45. The van der Waals surface area contributed by atoms with E-state index in [2.05, 4.69) is 57.8 Å². The Labute approximate surface area is 133 Å². The van der Waals surface area contributed by atoms with Gasteiger partial charge in [-0.25, -0.2) is 9.50 Å². The minimum atomic E-state index is 0.0344. The van der Waals surface area contributed by atoms with Crippen LogP contribution in [-0.2, 0) is 10.2 Å². The van der Waals surface area contributed by atoms with Crippen LogP contribution in [0.5, 0.6) is 0 Å². The summed E-state index contributed by atoms with van der Waals surface area (Å²) in [5, 5.41) is 5.53. The highest BCUT2D eigenvalue weighted by Gasteiger charge is 2.24. The van der Waals surface area contributed by atoms with E-state index in [9.17, 15) is 0 Å². The number of hydrogen-bond acceptors (Lipinski definition) is 4. The summed E-state index contributed by atoms with van der Waals surface area (Å²) in [7, 11) is 0. The normalized spacial score (nSPS) is 20.2. The molecule has 3 rings (SSSR count). The zero-order valence-electron chi connectivity index (χ0n) is 12.7.